The summed E-state index contributed by atoms with van der Waals surface area (Å²) in [5, 5.41) is 0.549. The fourth-order valence-corrected chi connectivity index (χ4v) is 6.49. The van der Waals surface area contributed by atoms with Crippen molar-refractivity contribution in [2.75, 3.05) is 11.4 Å². The van der Waals surface area contributed by atoms with Crippen LogP contribution in [0.2, 0.25) is 5.02 Å². The summed E-state index contributed by atoms with van der Waals surface area (Å²) in [5.74, 6) is -1.35. The summed E-state index contributed by atoms with van der Waals surface area (Å²) in [7, 11) is -3.94. The number of benzene rings is 3. The summed E-state index contributed by atoms with van der Waals surface area (Å²) in [5.41, 5.74) is 2.59. The van der Waals surface area contributed by atoms with Crippen LogP contribution in [0.25, 0.3) is 10.9 Å². The van der Waals surface area contributed by atoms with Gasteiger partial charge in [0, 0.05) is 39.9 Å². The minimum Gasteiger partial charge on any atom is -0.337 e. The van der Waals surface area contributed by atoms with Crippen molar-refractivity contribution in [3.05, 3.63) is 94.9 Å². The van der Waals surface area contributed by atoms with Crippen molar-refractivity contribution < 1.29 is 17.6 Å². The highest BCUT2D eigenvalue weighted by Crippen LogP contribution is 2.32. The molecule has 1 aliphatic heterocycles. The molecule has 0 fully saturated rings. The zero-order chi connectivity index (χ0) is 23.9. The Morgan fingerprint density at radius 3 is 2.59 bits per heavy atom. The Bertz CT molecular complexity index is 1490. The van der Waals surface area contributed by atoms with Crippen molar-refractivity contribution in [1.82, 2.24) is 4.57 Å². The predicted octanol–water partition coefficient (Wildman–Crippen LogP) is 5.39. The van der Waals surface area contributed by atoms with E-state index in [1.54, 1.807) is 33.7 Å². The number of anilines is 1. The highest BCUT2D eigenvalue weighted by molar-refractivity contribution is 7.90. The lowest BCUT2D eigenvalue weighted by Gasteiger charge is -2.29. The van der Waals surface area contributed by atoms with Gasteiger partial charge in [-0.2, -0.15) is 0 Å². The van der Waals surface area contributed by atoms with Gasteiger partial charge in [0.2, 0.25) is 5.91 Å². The number of carbonyl (C=O) groups is 1. The van der Waals surface area contributed by atoms with Crippen molar-refractivity contribution >= 4 is 43.9 Å². The molecular formula is C26H22ClFN2O3S. The lowest BCUT2D eigenvalue weighted by Crippen LogP contribution is -2.37. The van der Waals surface area contributed by atoms with Crippen LogP contribution in [0.4, 0.5) is 10.1 Å². The average molecular weight is 497 g/mol. The predicted molar refractivity (Wildman–Crippen MR) is 131 cm³/mol. The number of aromatic nitrogens is 1. The molecule has 34 heavy (non-hydrogen) atoms. The minimum atomic E-state index is -3.94. The fraction of sp³-hybridized carbons (Fsp3) is 0.192. The zero-order valence-electron chi connectivity index (χ0n) is 18.2. The number of carbonyl (C=O) groups excluding carboxylic acids is 1. The topological polar surface area (TPSA) is 59.4 Å². The van der Waals surface area contributed by atoms with Crippen LogP contribution in [0.15, 0.2) is 77.8 Å². The van der Waals surface area contributed by atoms with E-state index in [1.807, 2.05) is 24.3 Å². The van der Waals surface area contributed by atoms with Crippen LogP contribution in [0.5, 0.6) is 0 Å². The van der Waals surface area contributed by atoms with Crippen molar-refractivity contribution in [3.8, 4) is 0 Å². The first-order chi connectivity index (χ1) is 16.3. The molecule has 0 atom stereocenters. The molecule has 0 N–H and O–H groups in total. The second kappa shape index (κ2) is 8.89. The van der Waals surface area contributed by atoms with E-state index < -0.39 is 21.4 Å². The number of nitrogens with zero attached hydrogens (tertiary/aromatic N) is 2. The van der Waals surface area contributed by atoms with E-state index >= 15 is 0 Å². The standard InChI is InChI=1S/C26H22ClFN2O3S/c27-21-10-5-11-22(28)20(21)17-34(32,33)25-15-29(24-13-4-2-9-19(24)25)16-26(31)30-14-6-8-18-7-1-3-12-23(18)30/h1-5,7,9-13,15H,6,8,14,16-17H2. The Kier molecular flexibility index (Phi) is 5.91. The van der Waals surface area contributed by atoms with Gasteiger partial charge in [-0.05, 0) is 42.7 Å². The summed E-state index contributed by atoms with van der Waals surface area (Å²) in [6, 6.07) is 18.9. The van der Waals surface area contributed by atoms with E-state index in [0.717, 1.165) is 24.1 Å². The van der Waals surface area contributed by atoms with Gasteiger partial charge in [0.05, 0.1) is 10.6 Å². The molecule has 5 nitrogen and oxygen atoms in total. The molecule has 2 heterocycles. The van der Waals surface area contributed by atoms with Crippen LogP contribution in [0.3, 0.4) is 0 Å². The maximum atomic E-state index is 14.3. The van der Waals surface area contributed by atoms with Crippen molar-refractivity contribution in [2.24, 2.45) is 0 Å². The Hall–Kier alpha value is -3.16. The van der Waals surface area contributed by atoms with Crippen molar-refractivity contribution in [2.45, 2.75) is 30.0 Å². The lowest BCUT2D eigenvalue weighted by atomic mass is 10.0. The maximum absolute atomic E-state index is 14.3. The molecule has 1 aliphatic rings. The number of hydrogen-bond donors (Lipinski definition) is 0. The molecule has 1 amide bonds. The van der Waals surface area contributed by atoms with E-state index in [0.29, 0.717) is 17.4 Å². The van der Waals surface area contributed by atoms with E-state index in [-0.39, 0.29) is 27.9 Å². The number of hydrogen-bond acceptors (Lipinski definition) is 3. The smallest absolute Gasteiger partial charge is 0.246 e. The molecule has 0 unspecified atom stereocenters. The first-order valence-electron chi connectivity index (χ1n) is 11.0. The number of sulfone groups is 1. The van der Waals surface area contributed by atoms with Gasteiger partial charge in [-0.1, -0.05) is 54.1 Å². The molecule has 0 bridgehead atoms. The zero-order valence-corrected chi connectivity index (χ0v) is 19.8. The molecule has 0 spiro atoms. The van der Waals surface area contributed by atoms with Crippen LogP contribution in [0.1, 0.15) is 17.5 Å². The number of amides is 1. The van der Waals surface area contributed by atoms with E-state index in [1.165, 1.54) is 24.4 Å². The van der Waals surface area contributed by atoms with Crippen LogP contribution in [-0.4, -0.2) is 25.4 Å². The van der Waals surface area contributed by atoms with Crippen molar-refractivity contribution in [3.63, 3.8) is 0 Å². The summed E-state index contributed by atoms with van der Waals surface area (Å²) in [6.45, 7) is 0.608. The van der Waals surface area contributed by atoms with E-state index in [2.05, 4.69) is 0 Å². The van der Waals surface area contributed by atoms with Crippen LogP contribution < -0.4 is 4.90 Å². The third-order valence-electron chi connectivity index (χ3n) is 6.20. The fourth-order valence-electron chi connectivity index (χ4n) is 4.55. The second-order valence-electron chi connectivity index (χ2n) is 8.38. The number of para-hydroxylation sites is 2. The molecule has 5 rings (SSSR count). The van der Waals surface area contributed by atoms with Gasteiger partial charge in [0.25, 0.3) is 0 Å². The number of rotatable bonds is 5. The second-order valence-corrected chi connectivity index (χ2v) is 10.7. The molecular weight excluding hydrogens is 475 g/mol. The van der Waals surface area contributed by atoms with Crippen molar-refractivity contribution in [1.29, 1.82) is 0 Å². The highest BCUT2D eigenvalue weighted by Gasteiger charge is 2.27. The molecule has 8 heteroatoms. The normalized spacial score (nSPS) is 13.8. The van der Waals surface area contributed by atoms with E-state index in [4.69, 9.17) is 11.6 Å². The molecule has 4 aromatic rings. The Morgan fingerprint density at radius 2 is 1.76 bits per heavy atom. The van der Waals surface area contributed by atoms with Gasteiger partial charge in [0.15, 0.2) is 9.84 Å². The van der Waals surface area contributed by atoms with Gasteiger partial charge in [-0.15, -0.1) is 0 Å². The lowest BCUT2D eigenvalue weighted by molar-refractivity contribution is -0.119. The SMILES string of the molecule is O=C(Cn1cc(S(=O)(=O)Cc2c(F)cccc2Cl)c2ccccc21)N1CCCc2ccccc21. The molecule has 0 radical (unpaired) electrons. The Morgan fingerprint density at radius 1 is 1.00 bits per heavy atom. The Balaban J connectivity index is 1.51. The molecule has 1 aromatic heterocycles. The third-order valence-corrected chi connectivity index (χ3v) is 8.22. The molecule has 0 saturated carbocycles. The maximum Gasteiger partial charge on any atom is 0.246 e. The molecule has 174 valence electrons. The molecule has 0 aliphatic carbocycles. The molecule has 0 saturated heterocycles. The Labute approximate surface area is 202 Å². The van der Waals surface area contributed by atoms with Gasteiger partial charge >= 0.3 is 0 Å². The largest absolute Gasteiger partial charge is 0.337 e. The van der Waals surface area contributed by atoms with E-state index in [9.17, 15) is 17.6 Å². The highest BCUT2D eigenvalue weighted by atomic mass is 35.5. The summed E-state index contributed by atoms with van der Waals surface area (Å²) < 4.78 is 42.7. The van der Waals surface area contributed by atoms with Gasteiger partial charge < -0.3 is 9.47 Å². The van der Waals surface area contributed by atoms with Crippen LogP contribution >= 0.6 is 11.6 Å². The van der Waals surface area contributed by atoms with Crippen LogP contribution in [-0.2, 0) is 33.4 Å². The summed E-state index contributed by atoms with van der Waals surface area (Å²) in [6.07, 6.45) is 3.27. The quantitative estimate of drug-likeness (QED) is 0.372. The monoisotopic (exact) mass is 496 g/mol. The molecule has 3 aromatic carbocycles. The summed E-state index contributed by atoms with van der Waals surface area (Å²) >= 11 is 6.08. The number of halogens is 2. The number of fused-ring (bicyclic) bond motifs is 2. The van der Waals surface area contributed by atoms with Gasteiger partial charge in [-0.25, -0.2) is 12.8 Å². The summed E-state index contributed by atoms with van der Waals surface area (Å²) in [4.78, 5) is 15.1. The first-order valence-corrected chi connectivity index (χ1v) is 13.0. The third kappa shape index (κ3) is 4.10. The average Bonchev–Trinajstić information content (AvgIpc) is 3.20. The number of aryl methyl sites for hydroxylation is 1. The van der Waals surface area contributed by atoms with Gasteiger partial charge in [-0.3, -0.25) is 4.79 Å². The van der Waals surface area contributed by atoms with Gasteiger partial charge in [0.1, 0.15) is 12.4 Å². The minimum absolute atomic E-state index is 0.00911. The van der Waals surface area contributed by atoms with Crippen LogP contribution in [0, 0.1) is 5.82 Å². The first kappa shape index (κ1) is 22.6.